The van der Waals surface area contributed by atoms with Crippen LogP contribution in [0.3, 0.4) is 0 Å². The van der Waals surface area contributed by atoms with E-state index in [1.54, 1.807) is 0 Å². The van der Waals surface area contributed by atoms with E-state index in [1.807, 2.05) is 0 Å². The minimum absolute atomic E-state index is 0.954. The third-order valence-corrected chi connectivity index (χ3v) is 0.678. The smallest absolute Gasteiger partial charge is 0.328 e. The highest BCUT2D eigenvalue weighted by Gasteiger charge is 2.05. The van der Waals surface area contributed by atoms with E-state index < -0.39 is 17.8 Å². The van der Waals surface area contributed by atoms with Crippen molar-refractivity contribution in [3.8, 4) is 0 Å². The predicted molar refractivity (Wildman–Crippen MR) is 30.3 cm³/mol. The summed E-state index contributed by atoms with van der Waals surface area (Å²) in [5.41, 5.74) is 0. The summed E-state index contributed by atoms with van der Waals surface area (Å²) < 4.78 is 0. The number of nitrogens with zero attached hydrogens (tertiary/aromatic N) is 1. The number of aliphatic carboxylic acids is 1. The summed E-state index contributed by atoms with van der Waals surface area (Å²) in [4.78, 5) is 12.9. The van der Waals surface area contributed by atoms with Gasteiger partial charge in [-0.1, -0.05) is 5.80 Å². The molecule has 0 rings (SSSR count). The zero-order chi connectivity index (χ0) is 7.44. The Hall–Kier alpha value is -0.995. The van der Waals surface area contributed by atoms with Crippen LogP contribution in [0.15, 0.2) is 4.99 Å². The summed E-state index contributed by atoms with van der Waals surface area (Å²) in [5, 5.41) is 18.0. The lowest BCUT2D eigenvalue weighted by Crippen LogP contribution is -2.23. The molecular formula is C4H5BNO3-. The molecule has 0 aromatic carbocycles. The molecule has 0 aliphatic heterocycles. The molecule has 0 heterocycles. The van der Waals surface area contributed by atoms with Gasteiger partial charge in [0.25, 0.3) is 0 Å². The Morgan fingerprint density at radius 1 is 1.89 bits per heavy atom. The molecular weight excluding hydrogens is 121 g/mol. The first kappa shape index (κ1) is 8.00. The zero-order valence-electron chi connectivity index (χ0n) is 4.87. The first-order chi connectivity index (χ1) is 4.04. The van der Waals surface area contributed by atoms with Gasteiger partial charge in [0, 0.05) is 0 Å². The number of aliphatic imine (C=N–C) groups is 1. The van der Waals surface area contributed by atoms with Gasteiger partial charge >= 0.3 is 5.97 Å². The van der Waals surface area contributed by atoms with Crippen molar-refractivity contribution in [3.05, 3.63) is 0 Å². The monoisotopic (exact) mass is 126 g/mol. The highest BCUT2D eigenvalue weighted by Crippen LogP contribution is 1.86. The fourth-order valence-electron chi connectivity index (χ4n) is 0.246. The maximum atomic E-state index is 9.93. The molecule has 1 N–H and O–H groups in total. The van der Waals surface area contributed by atoms with Crippen LogP contribution in [-0.4, -0.2) is 30.8 Å². The molecule has 9 heavy (non-hydrogen) atoms. The summed E-state index contributed by atoms with van der Waals surface area (Å²) in [6, 6.07) is -1.04. The second-order valence-corrected chi connectivity index (χ2v) is 1.48. The van der Waals surface area contributed by atoms with Gasteiger partial charge in [-0.05, 0) is 6.92 Å². The summed E-state index contributed by atoms with van der Waals surface area (Å²) in [7, 11) is 4.56. The van der Waals surface area contributed by atoms with E-state index in [4.69, 9.17) is 5.11 Å². The quantitative estimate of drug-likeness (QED) is 0.273. The lowest BCUT2D eigenvalue weighted by molar-refractivity contribution is -0.208. The molecule has 0 aliphatic rings. The average molecular weight is 126 g/mol. The average Bonchev–Trinajstić information content (AvgIpc) is 1.63. The van der Waals surface area contributed by atoms with Gasteiger partial charge in [-0.15, -0.1) is 0 Å². The van der Waals surface area contributed by atoms with E-state index in [-0.39, 0.29) is 0 Å². The molecule has 2 radical (unpaired) electrons. The Kier molecular flexibility index (Phi) is 2.77. The van der Waals surface area contributed by atoms with E-state index in [0.717, 1.165) is 0 Å². The molecule has 0 saturated carbocycles. The van der Waals surface area contributed by atoms with Crippen LogP contribution in [-0.2, 0) is 4.79 Å². The number of carboxylic acid groups (broad SMARTS) is 1. The molecule has 0 bridgehead atoms. The van der Waals surface area contributed by atoms with Crippen molar-refractivity contribution in [2.45, 2.75) is 13.0 Å². The van der Waals surface area contributed by atoms with Gasteiger partial charge in [0.1, 0.15) is 13.9 Å². The largest absolute Gasteiger partial charge is 0.870 e. The second-order valence-electron chi connectivity index (χ2n) is 1.48. The third-order valence-electron chi connectivity index (χ3n) is 0.678. The van der Waals surface area contributed by atoms with Gasteiger partial charge < -0.3 is 15.2 Å². The first-order valence-corrected chi connectivity index (χ1v) is 2.27. The number of hydrogen-bond acceptors (Lipinski definition) is 3. The van der Waals surface area contributed by atoms with E-state index >= 15 is 0 Å². The molecule has 0 aliphatic carbocycles. The summed E-state index contributed by atoms with van der Waals surface area (Å²) in [5.74, 6) is -2.11. The summed E-state index contributed by atoms with van der Waals surface area (Å²) in [6.07, 6.45) is 0. The predicted octanol–water partition coefficient (Wildman–Crippen LogP) is -1.66. The SMILES string of the molecule is [B]C([O-])=N[C@@H](C)C(=O)O. The van der Waals surface area contributed by atoms with Gasteiger partial charge in [-0.3, -0.25) is 0 Å². The van der Waals surface area contributed by atoms with Crippen LogP contribution in [0.4, 0.5) is 0 Å². The Balaban J connectivity index is 3.91. The molecule has 0 fully saturated rings. The maximum Gasteiger partial charge on any atom is 0.328 e. The highest BCUT2D eigenvalue weighted by molar-refractivity contribution is 6.55. The van der Waals surface area contributed by atoms with Crippen molar-refractivity contribution in [1.29, 1.82) is 0 Å². The van der Waals surface area contributed by atoms with E-state index in [1.165, 1.54) is 6.92 Å². The van der Waals surface area contributed by atoms with Crippen LogP contribution in [0.5, 0.6) is 0 Å². The van der Waals surface area contributed by atoms with Crippen molar-refractivity contribution in [2.24, 2.45) is 4.99 Å². The van der Waals surface area contributed by atoms with E-state index in [9.17, 15) is 9.90 Å². The Labute approximate surface area is 53.6 Å². The normalized spacial score (nSPS) is 15.0. The van der Waals surface area contributed by atoms with Gasteiger partial charge in [-0.25, -0.2) is 4.79 Å². The summed E-state index contributed by atoms with van der Waals surface area (Å²) >= 11 is 0. The van der Waals surface area contributed by atoms with Crippen LogP contribution in [0.25, 0.3) is 0 Å². The first-order valence-electron chi connectivity index (χ1n) is 2.27. The molecule has 0 spiro atoms. The van der Waals surface area contributed by atoms with Crippen LogP contribution in [0, 0.1) is 0 Å². The fourth-order valence-corrected chi connectivity index (χ4v) is 0.246. The van der Waals surface area contributed by atoms with Crippen molar-refractivity contribution in [2.75, 3.05) is 0 Å². The fraction of sp³-hybridized carbons (Fsp3) is 0.500. The minimum atomic E-state index is -1.16. The van der Waals surface area contributed by atoms with Crippen molar-refractivity contribution in [3.63, 3.8) is 0 Å². The van der Waals surface area contributed by atoms with Gasteiger partial charge in [-0.2, -0.15) is 0 Å². The minimum Gasteiger partial charge on any atom is -0.870 e. The third kappa shape index (κ3) is 3.58. The molecule has 0 amide bonds. The molecule has 0 saturated heterocycles. The Bertz CT molecular complexity index is 141. The lowest BCUT2D eigenvalue weighted by atomic mass is 10.1. The molecule has 4 nitrogen and oxygen atoms in total. The number of carboxylic acids is 1. The Morgan fingerprint density at radius 3 is 2.44 bits per heavy atom. The van der Waals surface area contributed by atoms with Crippen molar-refractivity contribution < 1.29 is 15.0 Å². The maximum absolute atomic E-state index is 9.93. The standard InChI is InChI=1S/C4H6BNO3/c1-2(3(7)8)6-4(5)9/h2H,1H3,(H,6,9)(H,7,8)/p-1/t2-/m0/s1. The van der Waals surface area contributed by atoms with Crippen LogP contribution >= 0.6 is 0 Å². The number of rotatable bonds is 2. The van der Waals surface area contributed by atoms with Gasteiger partial charge in [0.2, 0.25) is 0 Å². The topological polar surface area (TPSA) is 72.7 Å². The molecule has 0 aromatic heterocycles. The molecule has 5 heteroatoms. The van der Waals surface area contributed by atoms with Crippen LogP contribution < -0.4 is 5.11 Å². The molecule has 0 unspecified atom stereocenters. The molecule has 1 atom stereocenters. The van der Waals surface area contributed by atoms with Gasteiger partial charge in [0.05, 0.1) is 0 Å². The Morgan fingerprint density at radius 2 is 2.33 bits per heavy atom. The van der Waals surface area contributed by atoms with Crippen molar-refractivity contribution >= 4 is 19.6 Å². The van der Waals surface area contributed by atoms with Gasteiger partial charge in [0.15, 0.2) is 0 Å². The zero-order valence-corrected chi connectivity index (χ0v) is 4.87. The van der Waals surface area contributed by atoms with E-state index in [0.29, 0.717) is 0 Å². The van der Waals surface area contributed by atoms with E-state index in [2.05, 4.69) is 12.8 Å². The number of carbonyl (C=O) groups is 1. The number of hydrogen-bond donors (Lipinski definition) is 1. The lowest BCUT2D eigenvalue weighted by Gasteiger charge is -2.05. The molecule has 0 aromatic rings. The highest BCUT2D eigenvalue weighted by atomic mass is 16.4. The van der Waals surface area contributed by atoms with Crippen LogP contribution in [0.2, 0.25) is 0 Å². The van der Waals surface area contributed by atoms with Crippen LogP contribution in [0.1, 0.15) is 6.92 Å². The second kappa shape index (κ2) is 3.12. The van der Waals surface area contributed by atoms with Crippen molar-refractivity contribution in [1.82, 2.24) is 0 Å². The molecule has 48 valence electrons. The summed E-state index contributed by atoms with van der Waals surface area (Å²) in [6.45, 7) is 1.27.